The average molecular weight is 550 g/mol. The van der Waals surface area contributed by atoms with Crippen molar-refractivity contribution in [3.8, 4) is 5.75 Å². The fraction of sp³-hybridized carbons (Fsp3) is 0.231. The molecule has 0 saturated heterocycles. The minimum Gasteiger partial charge on any atom is -0.458 e. The third-order valence-electron chi connectivity index (χ3n) is 6.51. The van der Waals surface area contributed by atoms with Gasteiger partial charge in [0.15, 0.2) is 0 Å². The maximum absolute atomic E-state index is 13.5. The van der Waals surface area contributed by atoms with Gasteiger partial charge in [0.1, 0.15) is 17.6 Å². The quantitative estimate of drug-likeness (QED) is 0.338. The molecule has 12 nitrogen and oxygen atoms in total. The van der Waals surface area contributed by atoms with Gasteiger partial charge < -0.3 is 15.9 Å². The number of nitrogen functional groups attached to an aromatic ring is 1. The van der Waals surface area contributed by atoms with Crippen LogP contribution in [0, 0.1) is 4.91 Å². The van der Waals surface area contributed by atoms with Gasteiger partial charge in [-0.1, -0.05) is 23.7 Å². The Balaban J connectivity index is 1.50. The molecular weight excluding hydrogens is 526 g/mol. The molecule has 5 rings (SSSR count). The molecule has 0 spiro atoms. The molecular formula is C26H24ClN7O5. The lowest BCUT2D eigenvalue weighted by Crippen LogP contribution is -2.59. The van der Waals surface area contributed by atoms with Crippen LogP contribution in [-0.4, -0.2) is 25.8 Å². The number of benzene rings is 2. The molecule has 1 atom stereocenters. The minimum atomic E-state index is -0.906. The number of nitroso groups, excluding NO2 is 1. The summed E-state index contributed by atoms with van der Waals surface area (Å²) >= 11 is 6.02. The zero-order valence-electron chi connectivity index (χ0n) is 20.6. The molecule has 3 N–H and O–H groups in total. The van der Waals surface area contributed by atoms with Crippen molar-refractivity contribution in [1.82, 2.24) is 19.1 Å². The van der Waals surface area contributed by atoms with E-state index in [0.717, 1.165) is 29.5 Å². The number of hydrogen-bond donors (Lipinski definition) is 2. The Kier molecular flexibility index (Phi) is 7.28. The number of aromatic nitrogens is 3. The normalized spacial score (nSPS) is 17.2. The fourth-order valence-electron chi connectivity index (χ4n) is 4.22. The molecule has 39 heavy (non-hydrogen) atoms. The SMILES string of the molecule is Nn1c(=Nc2ccc(OC3=CC(C(=O)N=O)NC=C3)cc2)n(Cc2ccc(Cl)cc2)c(=O)n(C2CCC2)c1=O. The molecule has 3 aromatic rings. The number of hydrogen-bond acceptors (Lipinski definition) is 8. The number of allylic oxidation sites excluding steroid dienone is 1. The zero-order chi connectivity index (χ0) is 27.5. The first-order valence-corrected chi connectivity index (χ1v) is 12.5. The average Bonchev–Trinajstić information content (AvgIpc) is 2.92. The van der Waals surface area contributed by atoms with Crippen molar-refractivity contribution in [1.29, 1.82) is 0 Å². The molecule has 13 heteroatoms. The summed E-state index contributed by atoms with van der Waals surface area (Å²) in [5.41, 5.74) is 0.0637. The Hall–Kier alpha value is -4.71. The summed E-state index contributed by atoms with van der Waals surface area (Å²) in [6, 6.07) is 12.4. The van der Waals surface area contributed by atoms with E-state index < -0.39 is 23.3 Å². The van der Waals surface area contributed by atoms with E-state index in [0.29, 0.717) is 22.2 Å². The van der Waals surface area contributed by atoms with Gasteiger partial charge in [-0.2, -0.15) is 4.68 Å². The number of carbonyl (C=O) groups is 1. The van der Waals surface area contributed by atoms with Crippen LogP contribution in [0.4, 0.5) is 5.69 Å². The van der Waals surface area contributed by atoms with E-state index in [1.165, 1.54) is 21.4 Å². The van der Waals surface area contributed by atoms with Gasteiger partial charge in [0.25, 0.3) is 0 Å². The van der Waals surface area contributed by atoms with Crippen molar-refractivity contribution >= 4 is 23.2 Å². The predicted octanol–water partition coefficient (Wildman–Crippen LogP) is 2.23. The van der Waals surface area contributed by atoms with Crippen LogP contribution in [0.25, 0.3) is 0 Å². The van der Waals surface area contributed by atoms with Gasteiger partial charge in [-0.3, -0.25) is 9.36 Å². The number of ether oxygens (including phenoxy) is 1. The summed E-state index contributed by atoms with van der Waals surface area (Å²) < 4.78 is 9.23. The molecule has 2 heterocycles. The van der Waals surface area contributed by atoms with E-state index in [1.54, 1.807) is 54.6 Å². The van der Waals surface area contributed by atoms with Crippen LogP contribution in [0.2, 0.25) is 5.02 Å². The molecule has 1 aromatic heterocycles. The highest BCUT2D eigenvalue weighted by Gasteiger charge is 2.26. The van der Waals surface area contributed by atoms with E-state index in [-0.39, 0.29) is 18.2 Å². The van der Waals surface area contributed by atoms with Gasteiger partial charge in [-0.05, 0) is 73.4 Å². The smallest absolute Gasteiger partial charge is 0.354 e. The largest absolute Gasteiger partial charge is 0.458 e. The molecule has 1 saturated carbocycles. The van der Waals surface area contributed by atoms with E-state index in [4.69, 9.17) is 22.2 Å². The van der Waals surface area contributed by atoms with E-state index in [2.05, 4.69) is 15.5 Å². The molecule has 1 aliphatic heterocycles. The number of nitrogens with two attached hydrogens (primary N) is 1. The molecule has 2 aliphatic rings. The maximum Gasteiger partial charge on any atom is 0.354 e. The van der Waals surface area contributed by atoms with Crippen molar-refractivity contribution < 1.29 is 9.53 Å². The third-order valence-corrected chi connectivity index (χ3v) is 6.76. The number of rotatable bonds is 7. The molecule has 0 bridgehead atoms. The first-order chi connectivity index (χ1) is 18.8. The standard InChI is InChI=1S/C26H24ClN7O5/c27-17-6-4-16(5-7-17)15-32-24(34(28)26(37)33(25(32)36)19-2-1-3-19)30-18-8-10-20(11-9-18)39-21-12-13-29-22(14-21)23(35)31-38/h4-14,19,22,29H,1-3,15,28H2. The van der Waals surface area contributed by atoms with Crippen LogP contribution in [-0.2, 0) is 11.3 Å². The number of carbonyl (C=O) groups excluding carboxylic acids is 1. The first kappa shape index (κ1) is 25.9. The summed E-state index contributed by atoms with van der Waals surface area (Å²) in [5, 5.41) is 5.69. The van der Waals surface area contributed by atoms with E-state index in [1.807, 2.05) is 0 Å². The van der Waals surface area contributed by atoms with Crippen molar-refractivity contribution in [2.75, 3.05) is 5.84 Å². The predicted molar refractivity (Wildman–Crippen MR) is 144 cm³/mol. The van der Waals surface area contributed by atoms with Gasteiger partial charge in [-0.15, -0.1) is 4.91 Å². The molecule has 2 aromatic carbocycles. The lowest BCUT2D eigenvalue weighted by Gasteiger charge is -2.27. The summed E-state index contributed by atoms with van der Waals surface area (Å²) in [4.78, 5) is 53.2. The lowest BCUT2D eigenvalue weighted by atomic mass is 9.93. The highest BCUT2D eigenvalue weighted by Crippen LogP contribution is 2.28. The lowest BCUT2D eigenvalue weighted by molar-refractivity contribution is -0.118. The number of amides is 1. The molecule has 1 aliphatic carbocycles. The van der Waals surface area contributed by atoms with Gasteiger partial charge in [0.2, 0.25) is 5.62 Å². The van der Waals surface area contributed by atoms with Crippen LogP contribution in [0.3, 0.4) is 0 Å². The summed E-state index contributed by atoms with van der Waals surface area (Å²) in [6.07, 6.45) is 6.92. The van der Waals surface area contributed by atoms with Crippen LogP contribution >= 0.6 is 11.6 Å². The van der Waals surface area contributed by atoms with Gasteiger partial charge in [0, 0.05) is 22.4 Å². The second-order valence-corrected chi connectivity index (χ2v) is 9.52. The van der Waals surface area contributed by atoms with Gasteiger partial charge in [-0.25, -0.2) is 19.1 Å². The Morgan fingerprint density at radius 2 is 1.79 bits per heavy atom. The Morgan fingerprint density at radius 1 is 1.08 bits per heavy atom. The second kappa shape index (κ2) is 11.0. The number of nitrogens with one attached hydrogen (secondary N) is 1. The molecule has 1 unspecified atom stereocenters. The van der Waals surface area contributed by atoms with Crippen molar-refractivity contribution in [2.45, 2.75) is 37.9 Å². The highest BCUT2D eigenvalue weighted by molar-refractivity contribution is 6.30. The zero-order valence-corrected chi connectivity index (χ0v) is 21.3. The van der Waals surface area contributed by atoms with Crippen molar-refractivity contribution in [3.63, 3.8) is 0 Å². The molecule has 1 amide bonds. The number of dihydropyridines is 1. The number of halogens is 1. The minimum absolute atomic E-state index is 0.0177. The van der Waals surface area contributed by atoms with E-state index in [9.17, 15) is 19.3 Å². The van der Waals surface area contributed by atoms with Crippen molar-refractivity contribution in [2.24, 2.45) is 10.2 Å². The third kappa shape index (κ3) is 5.46. The topological polar surface area (TPSA) is 155 Å². The first-order valence-electron chi connectivity index (χ1n) is 12.2. The fourth-order valence-corrected chi connectivity index (χ4v) is 4.35. The monoisotopic (exact) mass is 549 g/mol. The van der Waals surface area contributed by atoms with Crippen molar-refractivity contribution in [3.05, 3.63) is 115 Å². The Labute approximate surface area is 226 Å². The van der Waals surface area contributed by atoms with Gasteiger partial charge in [0.05, 0.1) is 12.2 Å². The maximum atomic E-state index is 13.5. The van der Waals surface area contributed by atoms with Gasteiger partial charge >= 0.3 is 17.3 Å². The molecule has 200 valence electrons. The summed E-state index contributed by atoms with van der Waals surface area (Å²) in [6.45, 7) is 0.129. The van der Waals surface area contributed by atoms with Crippen LogP contribution in [0.15, 0.2) is 92.4 Å². The van der Waals surface area contributed by atoms with Crippen LogP contribution in [0.1, 0.15) is 30.9 Å². The van der Waals surface area contributed by atoms with Crippen LogP contribution in [0.5, 0.6) is 5.75 Å². The Bertz CT molecular complexity index is 1660. The summed E-state index contributed by atoms with van der Waals surface area (Å²) in [7, 11) is 0. The molecule has 0 radical (unpaired) electrons. The van der Waals surface area contributed by atoms with E-state index >= 15 is 0 Å². The summed E-state index contributed by atoms with van der Waals surface area (Å²) in [5.74, 6) is 6.11. The van der Waals surface area contributed by atoms with Crippen LogP contribution < -0.4 is 32.9 Å². The second-order valence-electron chi connectivity index (χ2n) is 9.09. The Morgan fingerprint density at radius 3 is 2.44 bits per heavy atom. The highest BCUT2D eigenvalue weighted by atomic mass is 35.5. The molecule has 1 fully saturated rings. The number of nitrogens with zero attached hydrogens (tertiary/aromatic N) is 5.